The summed E-state index contributed by atoms with van der Waals surface area (Å²) in [6.45, 7) is 13.7. The van der Waals surface area contributed by atoms with Crippen molar-refractivity contribution >= 4 is 0 Å². The van der Waals surface area contributed by atoms with Gasteiger partial charge in [0.1, 0.15) is 5.75 Å². The highest BCUT2D eigenvalue weighted by molar-refractivity contribution is 5.40. The predicted octanol–water partition coefficient (Wildman–Crippen LogP) is 5.88. The van der Waals surface area contributed by atoms with Gasteiger partial charge in [0.2, 0.25) is 0 Å². The van der Waals surface area contributed by atoms with Gasteiger partial charge >= 0.3 is 0 Å². The Balaban J connectivity index is 2.40. The van der Waals surface area contributed by atoms with Crippen LogP contribution in [-0.4, -0.2) is 7.11 Å². The van der Waals surface area contributed by atoms with Crippen molar-refractivity contribution in [3.05, 3.63) is 64.7 Å². The lowest BCUT2D eigenvalue weighted by molar-refractivity contribution is 0.414. The second-order valence-electron chi connectivity index (χ2n) is 8.44. The third kappa shape index (κ3) is 4.60. The highest BCUT2D eigenvalue weighted by atomic mass is 16.5. The van der Waals surface area contributed by atoms with E-state index in [1.807, 2.05) is 12.1 Å². The van der Waals surface area contributed by atoms with Gasteiger partial charge in [-0.1, -0.05) is 71.9 Å². The van der Waals surface area contributed by atoms with Crippen LogP contribution in [0.4, 0.5) is 0 Å². The number of hydrogen-bond acceptors (Lipinski definition) is 1. The Morgan fingerprint density at radius 1 is 0.696 bits per heavy atom. The molecule has 0 amide bonds. The molecule has 1 nitrogen and oxygen atoms in total. The van der Waals surface area contributed by atoms with Gasteiger partial charge in [0.05, 0.1) is 7.11 Å². The number of benzene rings is 2. The Morgan fingerprint density at radius 2 is 1.17 bits per heavy atom. The van der Waals surface area contributed by atoms with Gasteiger partial charge in [-0.3, -0.25) is 0 Å². The molecule has 0 spiro atoms. The summed E-state index contributed by atoms with van der Waals surface area (Å²) in [6.07, 6.45) is 0.955. The fourth-order valence-corrected chi connectivity index (χ4v) is 2.64. The quantitative estimate of drug-likeness (QED) is 0.687. The molecule has 0 aliphatic heterocycles. The maximum Gasteiger partial charge on any atom is 0.118 e. The monoisotopic (exact) mass is 310 g/mol. The summed E-state index contributed by atoms with van der Waals surface area (Å²) in [4.78, 5) is 0. The van der Waals surface area contributed by atoms with E-state index in [9.17, 15) is 0 Å². The van der Waals surface area contributed by atoms with Crippen molar-refractivity contribution in [3.63, 3.8) is 0 Å². The molecule has 0 aliphatic rings. The minimum absolute atomic E-state index is 0.163. The molecule has 0 N–H and O–H groups in total. The smallest absolute Gasteiger partial charge is 0.118 e. The van der Waals surface area contributed by atoms with Crippen LogP contribution in [0, 0.1) is 0 Å². The second kappa shape index (κ2) is 6.39. The van der Waals surface area contributed by atoms with Crippen LogP contribution < -0.4 is 4.74 Å². The zero-order chi connectivity index (χ0) is 17.3. The van der Waals surface area contributed by atoms with Gasteiger partial charge in [-0.15, -0.1) is 0 Å². The lowest BCUT2D eigenvalue weighted by Gasteiger charge is -2.26. The van der Waals surface area contributed by atoms with E-state index in [0.29, 0.717) is 0 Å². The van der Waals surface area contributed by atoms with Crippen molar-refractivity contribution < 1.29 is 4.74 Å². The number of ether oxygens (including phenoxy) is 1. The third-order valence-corrected chi connectivity index (χ3v) is 4.29. The van der Waals surface area contributed by atoms with E-state index in [0.717, 1.165) is 12.2 Å². The van der Waals surface area contributed by atoms with E-state index < -0.39 is 0 Å². The van der Waals surface area contributed by atoms with E-state index in [2.05, 4.69) is 71.9 Å². The topological polar surface area (TPSA) is 9.23 Å². The second-order valence-corrected chi connectivity index (χ2v) is 8.44. The lowest BCUT2D eigenvalue weighted by Crippen LogP contribution is -2.17. The fraction of sp³-hybridized carbons (Fsp3) is 0.455. The molecule has 0 unspecified atom stereocenters. The van der Waals surface area contributed by atoms with E-state index in [4.69, 9.17) is 4.74 Å². The van der Waals surface area contributed by atoms with Crippen molar-refractivity contribution in [2.45, 2.75) is 58.8 Å². The molecule has 0 bridgehead atoms. The Hall–Kier alpha value is -1.76. The molecule has 1 heteroatoms. The summed E-state index contributed by atoms with van der Waals surface area (Å²) in [6, 6.07) is 15.5. The van der Waals surface area contributed by atoms with Crippen LogP contribution in [0.2, 0.25) is 0 Å². The van der Waals surface area contributed by atoms with Gasteiger partial charge in [-0.25, -0.2) is 0 Å². The molecule has 0 saturated carbocycles. The molecule has 2 rings (SSSR count). The molecule has 0 aromatic heterocycles. The van der Waals surface area contributed by atoms with Gasteiger partial charge < -0.3 is 4.74 Å². The van der Waals surface area contributed by atoms with Crippen LogP contribution in [0.3, 0.4) is 0 Å². The first-order valence-electron chi connectivity index (χ1n) is 8.37. The molecule has 0 aliphatic carbocycles. The van der Waals surface area contributed by atoms with E-state index in [1.54, 1.807) is 7.11 Å². The number of hydrogen-bond donors (Lipinski definition) is 0. The summed E-state index contributed by atoms with van der Waals surface area (Å²) in [5.41, 5.74) is 5.84. The van der Waals surface area contributed by atoms with Crippen LogP contribution in [0.25, 0.3) is 0 Å². The Morgan fingerprint density at radius 3 is 1.57 bits per heavy atom. The van der Waals surface area contributed by atoms with Crippen molar-refractivity contribution in [2.24, 2.45) is 0 Å². The molecule has 23 heavy (non-hydrogen) atoms. The fourth-order valence-electron chi connectivity index (χ4n) is 2.64. The maximum absolute atomic E-state index is 5.25. The SMILES string of the molecule is COc1ccc(Cc2cc(C(C)(C)C)cc(C(C)(C)C)c2)cc1. The van der Waals surface area contributed by atoms with Crippen molar-refractivity contribution in [1.29, 1.82) is 0 Å². The average Bonchev–Trinajstić information content (AvgIpc) is 2.46. The summed E-state index contributed by atoms with van der Waals surface area (Å²) < 4.78 is 5.25. The maximum atomic E-state index is 5.25. The zero-order valence-electron chi connectivity index (χ0n) is 15.7. The largest absolute Gasteiger partial charge is 0.497 e. The molecular weight excluding hydrogens is 280 g/mol. The van der Waals surface area contributed by atoms with Crippen LogP contribution in [0.15, 0.2) is 42.5 Å². The van der Waals surface area contributed by atoms with E-state index in [1.165, 1.54) is 22.3 Å². The standard InChI is InChI=1S/C22H30O/c1-21(2,3)18-13-17(14-19(15-18)22(4,5)6)12-16-8-10-20(23-7)11-9-16/h8-11,13-15H,12H2,1-7H3. The molecule has 124 valence electrons. The zero-order valence-corrected chi connectivity index (χ0v) is 15.7. The van der Waals surface area contributed by atoms with Gasteiger partial charge in [-0.2, -0.15) is 0 Å². The summed E-state index contributed by atoms with van der Waals surface area (Å²) in [7, 11) is 1.71. The minimum Gasteiger partial charge on any atom is -0.497 e. The van der Waals surface area contributed by atoms with Crippen LogP contribution in [-0.2, 0) is 17.3 Å². The first kappa shape index (κ1) is 17.6. The summed E-state index contributed by atoms with van der Waals surface area (Å²) in [5.74, 6) is 0.910. The van der Waals surface area contributed by atoms with Crippen LogP contribution in [0.1, 0.15) is 63.8 Å². The van der Waals surface area contributed by atoms with Gasteiger partial charge in [0.25, 0.3) is 0 Å². The van der Waals surface area contributed by atoms with E-state index >= 15 is 0 Å². The number of rotatable bonds is 3. The molecule has 2 aromatic carbocycles. The predicted molar refractivity (Wildman–Crippen MR) is 99.6 cm³/mol. The van der Waals surface area contributed by atoms with Crippen LogP contribution in [0.5, 0.6) is 5.75 Å². The molecule has 0 heterocycles. The molecule has 2 aromatic rings. The van der Waals surface area contributed by atoms with Crippen molar-refractivity contribution in [2.75, 3.05) is 7.11 Å². The first-order chi connectivity index (χ1) is 10.6. The highest BCUT2D eigenvalue weighted by Gasteiger charge is 2.20. The minimum atomic E-state index is 0.163. The molecule has 0 atom stereocenters. The Bertz CT molecular complexity index is 620. The number of methoxy groups -OCH3 is 1. The van der Waals surface area contributed by atoms with Gasteiger partial charge in [0, 0.05) is 0 Å². The molecule has 0 fully saturated rings. The first-order valence-corrected chi connectivity index (χ1v) is 8.37. The van der Waals surface area contributed by atoms with E-state index in [-0.39, 0.29) is 10.8 Å². The molecular formula is C22H30O. The Kier molecular flexibility index (Phi) is 4.89. The average molecular weight is 310 g/mol. The molecule has 0 saturated heterocycles. The normalized spacial score (nSPS) is 12.3. The van der Waals surface area contributed by atoms with Crippen LogP contribution >= 0.6 is 0 Å². The lowest BCUT2D eigenvalue weighted by atomic mass is 9.79. The van der Waals surface area contributed by atoms with Gasteiger partial charge in [-0.05, 0) is 51.6 Å². The highest BCUT2D eigenvalue weighted by Crippen LogP contribution is 2.31. The molecule has 0 radical (unpaired) electrons. The Labute approximate surface area is 141 Å². The summed E-state index contributed by atoms with van der Waals surface area (Å²) in [5, 5.41) is 0. The summed E-state index contributed by atoms with van der Waals surface area (Å²) >= 11 is 0. The third-order valence-electron chi connectivity index (χ3n) is 4.29. The van der Waals surface area contributed by atoms with Crippen molar-refractivity contribution in [3.8, 4) is 5.75 Å². The van der Waals surface area contributed by atoms with Gasteiger partial charge in [0.15, 0.2) is 0 Å². The van der Waals surface area contributed by atoms with Crippen molar-refractivity contribution in [1.82, 2.24) is 0 Å².